The molecule has 4 heterocycles. The van der Waals surface area contributed by atoms with Crippen LogP contribution in [0.25, 0.3) is 33.1 Å². The molecule has 0 aliphatic heterocycles. The van der Waals surface area contributed by atoms with Crippen molar-refractivity contribution in [3.63, 3.8) is 0 Å². The van der Waals surface area contributed by atoms with Gasteiger partial charge in [0.25, 0.3) is 0 Å². The summed E-state index contributed by atoms with van der Waals surface area (Å²) in [7, 11) is 0. The van der Waals surface area contributed by atoms with Crippen LogP contribution < -0.4 is 5.32 Å². The van der Waals surface area contributed by atoms with Crippen molar-refractivity contribution in [3.8, 4) is 11.1 Å². The van der Waals surface area contributed by atoms with Crippen LogP contribution in [-0.4, -0.2) is 29.9 Å². The summed E-state index contributed by atoms with van der Waals surface area (Å²) in [6.45, 7) is 4.12. The SMILES string of the molecule is Cc1nc([C@H](C)Nc2ncnc3[nH]cnc23)cc2cccc(-c3cccnc3)c12. The molecule has 1 aromatic carbocycles. The number of fused-ring (bicyclic) bond motifs is 2. The van der Waals surface area contributed by atoms with Gasteiger partial charge in [-0.1, -0.05) is 24.3 Å². The van der Waals surface area contributed by atoms with Gasteiger partial charge in [0, 0.05) is 29.0 Å². The van der Waals surface area contributed by atoms with Gasteiger partial charge < -0.3 is 10.3 Å². The minimum atomic E-state index is -0.0463. The third kappa shape index (κ3) is 3.06. The summed E-state index contributed by atoms with van der Waals surface area (Å²) >= 11 is 0. The van der Waals surface area contributed by atoms with Crippen LogP contribution in [0.4, 0.5) is 5.82 Å². The average Bonchev–Trinajstić information content (AvgIpc) is 3.24. The molecular formula is C22H19N7. The molecule has 0 unspecified atom stereocenters. The number of hydrogen-bond acceptors (Lipinski definition) is 6. The number of rotatable bonds is 4. The topological polar surface area (TPSA) is 92.3 Å². The van der Waals surface area contributed by atoms with E-state index in [1.54, 1.807) is 12.5 Å². The molecule has 0 aliphatic carbocycles. The molecule has 0 radical (unpaired) electrons. The first-order valence-electron chi connectivity index (χ1n) is 9.42. The standard InChI is InChI=1S/C22H19N7/c1-13(29-22-20-21(25-11-24-20)26-12-27-22)18-9-15-5-3-7-17(19(15)14(2)28-18)16-6-4-8-23-10-16/h3-13H,1-2H3,(H2,24,25,26,27,29)/t13-/m0/s1. The number of H-pyrrole nitrogens is 1. The molecule has 5 rings (SSSR count). The van der Waals surface area contributed by atoms with Crippen molar-refractivity contribution in [1.29, 1.82) is 0 Å². The summed E-state index contributed by atoms with van der Waals surface area (Å²) in [6, 6.07) is 12.4. The van der Waals surface area contributed by atoms with Crippen LogP contribution in [0.5, 0.6) is 0 Å². The highest BCUT2D eigenvalue weighted by Gasteiger charge is 2.15. The van der Waals surface area contributed by atoms with Gasteiger partial charge in [0.05, 0.1) is 18.1 Å². The van der Waals surface area contributed by atoms with Crippen molar-refractivity contribution in [2.75, 3.05) is 5.32 Å². The third-order valence-corrected chi connectivity index (χ3v) is 5.05. The Morgan fingerprint density at radius 1 is 1.07 bits per heavy atom. The van der Waals surface area contributed by atoms with E-state index < -0.39 is 0 Å². The Labute approximate surface area is 167 Å². The summed E-state index contributed by atoms with van der Waals surface area (Å²) in [6.07, 6.45) is 6.81. The van der Waals surface area contributed by atoms with Crippen molar-refractivity contribution in [3.05, 3.63) is 72.8 Å². The number of hydrogen-bond donors (Lipinski definition) is 2. The summed E-state index contributed by atoms with van der Waals surface area (Å²) in [5.74, 6) is 0.687. The predicted octanol–water partition coefficient (Wildman–Crippen LogP) is 4.44. The number of anilines is 1. The number of imidazole rings is 1. The quantitative estimate of drug-likeness (QED) is 0.478. The zero-order valence-electron chi connectivity index (χ0n) is 16.1. The fourth-order valence-corrected chi connectivity index (χ4v) is 3.67. The van der Waals surface area contributed by atoms with Crippen LogP contribution in [0.1, 0.15) is 24.4 Å². The van der Waals surface area contributed by atoms with E-state index >= 15 is 0 Å². The summed E-state index contributed by atoms with van der Waals surface area (Å²) in [5.41, 5.74) is 5.58. The van der Waals surface area contributed by atoms with Gasteiger partial charge in [0.1, 0.15) is 11.8 Å². The average molecular weight is 381 g/mol. The molecule has 7 heteroatoms. The minimum Gasteiger partial charge on any atom is -0.360 e. The molecular weight excluding hydrogens is 362 g/mol. The third-order valence-electron chi connectivity index (χ3n) is 5.05. The monoisotopic (exact) mass is 381 g/mol. The Bertz CT molecular complexity index is 1310. The normalized spacial score (nSPS) is 12.3. The second-order valence-corrected chi connectivity index (χ2v) is 6.97. The van der Waals surface area contributed by atoms with Crippen molar-refractivity contribution in [2.45, 2.75) is 19.9 Å². The van der Waals surface area contributed by atoms with E-state index in [4.69, 9.17) is 4.98 Å². The maximum absolute atomic E-state index is 4.90. The highest BCUT2D eigenvalue weighted by atomic mass is 15.1. The maximum Gasteiger partial charge on any atom is 0.162 e. The lowest BCUT2D eigenvalue weighted by Gasteiger charge is -2.17. The lowest BCUT2D eigenvalue weighted by atomic mass is 9.97. The molecule has 0 spiro atoms. The molecule has 0 bridgehead atoms. The van der Waals surface area contributed by atoms with Gasteiger partial charge in [0.15, 0.2) is 11.5 Å². The number of nitrogens with zero attached hydrogens (tertiary/aromatic N) is 5. The fraction of sp³-hybridized carbons (Fsp3) is 0.136. The number of nitrogens with one attached hydrogen (secondary N) is 2. The molecule has 0 aliphatic rings. The zero-order valence-corrected chi connectivity index (χ0v) is 16.1. The Kier molecular flexibility index (Phi) is 4.13. The Morgan fingerprint density at radius 2 is 2.00 bits per heavy atom. The summed E-state index contributed by atoms with van der Waals surface area (Å²) in [5, 5.41) is 5.71. The molecule has 29 heavy (non-hydrogen) atoms. The molecule has 0 fully saturated rings. The van der Waals surface area contributed by atoms with Crippen LogP contribution >= 0.6 is 0 Å². The van der Waals surface area contributed by atoms with Crippen molar-refractivity contribution >= 4 is 27.8 Å². The Hall–Kier alpha value is -3.87. The van der Waals surface area contributed by atoms with Gasteiger partial charge >= 0.3 is 0 Å². The summed E-state index contributed by atoms with van der Waals surface area (Å²) < 4.78 is 0. The number of aromatic amines is 1. The van der Waals surface area contributed by atoms with Crippen LogP contribution in [0, 0.1) is 6.92 Å². The lowest BCUT2D eigenvalue weighted by molar-refractivity contribution is 0.829. The van der Waals surface area contributed by atoms with E-state index in [1.807, 2.05) is 12.3 Å². The molecule has 0 saturated carbocycles. The molecule has 2 N–H and O–H groups in total. The highest BCUT2D eigenvalue weighted by molar-refractivity contribution is 5.98. The molecule has 7 nitrogen and oxygen atoms in total. The Balaban J connectivity index is 1.55. The van der Waals surface area contributed by atoms with E-state index in [9.17, 15) is 0 Å². The van der Waals surface area contributed by atoms with Crippen molar-refractivity contribution < 1.29 is 0 Å². The van der Waals surface area contributed by atoms with Crippen molar-refractivity contribution in [1.82, 2.24) is 29.9 Å². The number of pyridine rings is 2. The molecule has 0 amide bonds. The van der Waals surface area contributed by atoms with Gasteiger partial charge in [0.2, 0.25) is 0 Å². The van der Waals surface area contributed by atoms with Crippen LogP contribution in [-0.2, 0) is 0 Å². The van der Waals surface area contributed by atoms with Crippen molar-refractivity contribution in [2.24, 2.45) is 0 Å². The molecule has 4 aromatic heterocycles. The van der Waals surface area contributed by atoms with E-state index in [0.717, 1.165) is 38.8 Å². The first-order valence-corrected chi connectivity index (χ1v) is 9.42. The molecule has 142 valence electrons. The van der Waals surface area contributed by atoms with Gasteiger partial charge in [-0.25, -0.2) is 15.0 Å². The van der Waals surface area contributed by atoms with Gasteiger partial charge in [-0.15, -0.1) is 0 Å². The number of aromatic nitrogens is 6. The van der Waals surface area contributed by atoms with Crippen LogP contribution in [0.3, 0.4) is 0 Å². The lowest BCUT2D eigenvalue weighted by Crippen LogP contribution is -2.11. The van der Waals surface area contributed by atoms with Crippen LogP contribution in [0.15, 0.2) is 61.4 Å². The second kappa shape index (κ2) is 6.94. The van der Waals surface area contributed by atoms with Crippen LogP contribution in [0.2, 0.25) is 0 Å². The van der Waals surface area contributed by atoms with Gasteiger partial charge in [-0.2, -0.15) is 0 Å². The summed E-state index contributed by atoms with van der Waals surface area (Å²) in [4.78, 5) is 25.0. The molecule has 5 aromatic rings. The first-order chi connectivity index (χ1) is 14.2. The largest absolute Gasteiger partial charge is 0.360 e. The maximum atomic E-state index is 4.90. The second-order valence-electron chi connectivity index (χ2n) is 6.97. The molecule has 0 saturated heterocycles. The predicted molar refractivity (Wildman–Crippen MR) is 113 cm³/mol. The van der Waals surface area contributed by atoms with Gasteiger partial charge in [-0.05, 0) is 36.9 Å². The van der Waals surface area contributed by atoms with Gasteiger partial charge in [-0.3, -0.25) is 9.97 Å². The fourth-order valence-electron chi connectivity index (χ4n) is 3.67. The first kappa shape index (κ1) is 17.2. The Morgan fingerprint density at radius 3 is 2.86 bits per heavy atom. The molecule has 1 atom stereocenters. The van der Waals surface area contributed by atoms with E-state index in [1.165, 1.54) is 6.33 Å². The van der Waals surface area contributed by atoms with E-state index in [2.05, 4.69) is 74.4 Å². The number of aryl methyl sites for hydroxylation is 1. The number of benzene rings is 1. The zero-order chi connectivity index (χ0) is 19.8. The van der Waals surface area contributed by atoms with E-state index in [-0.39, 0.29) is 6.04 Å². The minimum absolute atomic E-state index is 0.0463. The highest BCUT2D eigenvalue weighted by Crippen LogP contribution is 2.32. The van der Waals surface area contributed by atoms with E-state index in [0.29, 0.717) is 11.5 Å². The smallest absolute Gasteiger partial charge is 0.162 e.